The molecule has 1 fully saturated rings. The molecule has 0 radical (unpaired) electrons. The molecule has 1 saturated heterocycles. The number of nitrogens with zero attached hydrogens (tertiary/aromatic N) is 3. The second-order valence-electron chi connectivity index (χ2n) is 9.11. The minimum atomic E-state index is -0.711. The summed E-state index contributed by atoms with van der Waals surface area (Å²) in [6.07, 6.45) is 5.61. The zero-order valence-electron chi connectivity index (χ0n) is 18.9. The van der Waals surface area contributed by atoms with Gasteiger partial charge >= 0.3 is 0 Å². The summed E-state index contributed by atoms with van der Waals surface area (Å²) in [6.45, 7) is 5.57. The van der Waals surface area contributed by atoms with Crippen molar-refractivity contribution in [1.82, 2.24) is 14.8 Å². The van der Waals surface area contributed by atoms with Gasteiger partial charge in [0.1, 0.15) is 0 Å². The highest BCUT2D eigenvalue weighted by Gasteiger charge is 2.39. The molecule has 2 aromatic heterocycles. The number of ether oxygens (including phenoxy) is 1. The van der Waals surface area contributed by atoms with E-state index in [1.165, 1.54) is 11.3 Å². The van der Waals surface area contributed by atoms with Crippen molar-refractivity contribution < 1.29 is 9.53 Å². The highest BCUT2D eigenvalue weighted by Crippen LogP contribution is 2.43. The van der Waals surface area contributed by atoms with Gasteiger partial charge in [-0.25, -0.2) is 4.98 Å². The molecule has 7 heteroatoms. The maximum atomic E-state index is 13.4. The Kier molecular flexibility index (Phi) is 6.00. The van der Waals surface area contributed by atoms with E-state index in [4.69, 9.17) is 9.84 Å². The van der Waals surface area contributed by atoms with E-state index in [2.05, 4.69) is 45.3 Å². The highest BCUT2D eigenvalue weighted by molar-refractivity contribution is 7.13. The number of aromatic nitrogens is 3. The van der Waals surface area contributed by atoms with Gasteiger partial charge in [0.2, 0.25) is 5.91 Å². The van der Waals surface area contributed by atoms with Gasteiger partial charge < -0.3 is 10.1 Å². The molecule has 0 saturated carbocycles. The smallest absolute Gasteiger partial charge is 0.232 e. The molecule has 1 N–H and O–H groups in total. The van der Waals surface area contributed by atoms with Gasteiger partial charge in [0, 0.05) is 36.1 Å². The first-order valence-corrected chi connectivity index (χ1v) is 12.2. The average molecular weight is 461 g/mol. The third kappa shape index (κ3) is 4.30. The van der Waals surface area contributed by atoms with Crippen LogP contribution in [0.2, 0.25) is 0 Å². The van der Waals surface area contributed by atoms with Crippen molar-refractivity contribution in [1.29, 1.82) is 0 Å². The molecule has 3 heterocycles. The molecule has 1 unspecified atom stereocenters. The quantitative estimate of drug-likeness (QED) is 0.404. The van der Waals surface area contributed by atoms with E-state index in [1.807, 2.05) is 43.6 Å². The highest BCUT2D eigenvalue weighted by atomic mass is 32.1. The summed E-state index contributed by atoms with van der Waals surface area (Å²) in [7, 11) is 0. The van der Waals surface area contributed by atoms with Crippen LogP contribution in [0.5, 0.6) is 0 Å². The van der Waals surface area contributed by atoms with Crippen LogP contribution >= 0.6 is 11.3 Å². The van der Waals surface area contributed by atoms with Crippen molar-refractivity contribution in [2.75, 3.05) is 18.5 Å². The van der Waals surface area contributed by atoms with Crippen molar-refractivity contribution >= 4 is 33.3 Å². The minimum absolute atomic E-state index is 0.0516. The number of rotatable bonds is 6. The van der Waals surface area contributed by atoms with E-state index in [9.17, 15) is 4.79 Å². The Labute approximate surface area is 197 Å². The second kappa shape index (κ2) is 9.08. The lowest BCUT2D eigenvalue weighted by Gasteiger charge is -2.34. The number of fused-ring (bicyclic) bond motifs is 1. The van der Waals surface area contributed by atoms with E-state index in [1.54, 1.807) is 6.20 Å². The Hall–Kier alpha value is -3.03. The number of anilines is 1. The van der Waals surface area contributed by atoms with Crippen molar-refractivity contribution in [3.05, 3.63) is 77.4 Å². The Morgan fingerprint density at radius 1 is 1.15 bits per heavy atom. The number of benzene rings is 2. The minimum Gasteiger partial charge on any atom is -0.381 e. The Morgan fingerprint density at radius 3 is 2.67 bits per heavy atom. The molecule has 1 aliphatic rings. The maximum absolute atomic E-state index is 13.4. The lowest BCUT2D eigenvalue weighted by atomic mass is 9.70. The Bertz CT molecular complexity index is 1230. The molecule has 4 aromatic rings. The number of carbonyl (C=O) groups excluding carboxylic acids is 1. The number of amides is 1. The summed E-state index contributed by atoms with van der Waals surface area (Å²) >= 11 is 1.43. The maximum Gasteiger partial charge on any atom is 0.232 e. The van der Waals surface area contributed by atoms with E-state index in [-0.39, 0.29) is 11.8 Å². The molecule has 0 aliphatic carbocycles. The number of hydrogen-bond donors (Lipinski definition) is 1. The van der Waals surface area contributed by atoms with Gasteiger partial charge in [-0.3, -0.25) is 9.48 Å². The van der Waals surface area contributed by atoms with Gasteiger partial charge in [-0.05, 0) is 36.1 Å². The van der Waals surface area contributed by atoms with Gasteiger partial charge in [-0.1, -0.05) is 50.2 Å². The van der Waals surface area contributed by atoms with Crippen molar-refractivity contribution in [3.8, 4) is 0 Å². The first-order chi connectivity index (χ1) is 16.0. The summed E-state index contributed by atoms with van der Waals surface area (Å²) in [6, 6.07) is 17.1. The molecular weight excluding hydrogens is 432 g/mol. The van der Waals surface area contributed by atoms with Gasteiger partial charge in [0.05, 0.1) is 23.2 Å². The molecule has 0 spiro atoms. The SMILES string of the molecule is CC(C)(C(=O)Nc1nccs1)C(c1ccccc1)c1ccc2c(cnn2C2CCOCC2)c1. The Balaban J connectivity index is 1.53. The van der Waals surface area contributed by atoms with Crippen molar-refractivity contribution in [2.45, 2.75) is 38.6 Å². The summed E-state index contributed by atoms with van der Waals surface area (Å²) in [4.78, 5) is 17.7. The molecule has 1 amide bonds. The largest absolute Gasteiger partial charge is 0.381 e. The number of nitrogens with one attached hydrogen (secondary N) is 1. The zero-order chi connectivity index (χ0) is 22.8. The first-order valence-electron chi connectivity index (χ1n) is 11.3. The van der Waals surface area contributed by atoms with Gasteiger partial charge in [-0.15, -0.1) is 11.3 Å². The topological polar surface area (TPSA) is 69.0 Å². The van der Waals surface area contributed by atoms with Crippen LogP contribution in [0.3, 0.4) is 0 Å². The predicted molar refractivity (Wildman–Crippen MR) is 132 cm³/mol. The van der Waals surface area contributed by atoms with Crippen LogP contribution in [-0.2, 0) is 9.53 Å². The van der Waals surface area contributed by atoms with Crippen LogP contribution in [0.1, 0.15) is 49.8 Å². The summed E-state index contributed by atoms with van der Waals surface area (Å²) in [5.74, 6) is -0.182. The van der Waals surface area contributed by atoms with Crippen molar-refractivity contribution in [3.63, 3.8) is 0 Å². The molecule has 0 bridgehead atoms. The fourth-order valence-corrected chi connectivity index (χ4v) is 5.34. The van der Waals surface area contributed by atoms with Crippen LogP contribution in [0.4, 0.5) is 5.13 Å². The number of thiazole rings is 1. The van der Waals surface area contributed by atoms with Crippen molar-refractivity contribution in [2.24, 2.45) is 5.41 Å². The summed E-state index contributed by atoms with van der Waals surface area (Å²) in [5.41, 5.74) is 2.62. The lowest BCUT2D eigenvalue weighted by Crippen LogP contribution is -2.37. The second-order valence-corrected chi connectivity index (χ2v) is 10.0. The van der Waals surface area contributed by atoms with Gasteiger partial charge in [0.25, 0.3) is 0 Å². The lowest BCUT2D eigenvalue weighted by molar-refractivity contribution is -0.124. The standard InChI is InChI=1S/C26H28N4O2S/c1-26(2,24(31)29-25-27-12-15-33-25)23(18-6-4-3-5-7-18)19-8-9-22-20(16-19)17-28-30(22)21-10-13-32-14-11-21/h3-9,12,15-17,21,23H,10-11,13-14H2,1-2H3,(H,27,29,31). The summed E-state index contributed by atoms with van der Waals surface area (Å²) in [5, 5.41) is 11.3. The van der Waals surface area contributed by atoms with Crippen LogP contribution in [0, 0.1) is 5.41 Å². The van der Waals surface area contributed by atoms with E-state index in [0.29, 0.717) is 11.2 Å². The normalized spacial score (nSPS) is 16.1. The molecular formula is C26H28N4O2S. The fourth-order valence-electron chi connectivity index (χ4n) is 4.82. The van der Waals surface area contributed by atoms with Gasteiger partial charge in [-0.2, -0.15) is 5.10 Å². The molecule has 170 valence electrons. The number of carbonyl (C=O) groups is 1. The molecule has 5 rings (SSSR count). The third-order valence-corrected chi connectivity index (χ3v) is 7.27. The monoisotopic (exact) mass is 460 g/mol. The van der Waals surface area contributed by atoms with Gasteiger partial charge in [0.15, 0.2) is 5.13 Å². The average Bonchev–Trinajstić information content (AvgIpc) is 3.50. The summed E-state index contributed by atoms with van der Waals surface area (Å²) < 4.78 is 7.66. The molecule has 6 nitrogen and oxygen atoms in total. The van der Waals surface area contributed by atoms with Crippen LogP contribution in [-0.4, -0.2) is 33.9 Å². The fraction of sp³-hybridized carbons (Fsp3) is 0.346. The Morgan fingerprint density at radius 2 is 1.94 bits per heavy atom. The molecule has 33 heavy (non-hydrogen) atoms. The van der Waals surface area contributed by atoms with Crippen LogP contribution < -0.4 is 5.32 Å². The van der Waals surface area contributed by atoms with Crippen LogP contribution in [0.15, 0.2) is 66.3 Å². The third-order valence-electron chi connectivity index (χ3n) is 6.58. The zero-order valence-corrected chi connectivity index (χ0v) is 19.7. The van der Waals surface area contributed by atoms with E-state index >= 15 is 0 Å². The molecule has 2 aromatic carbocycles. The molecule has 1 aliphatic heterocycles. The first kappa shape index (κ1) is 21.8. The van der Waals surface area contributed by atoms with E-state index < -0.39 is 5.41 Å². The van der Waals surface area contributed by atoms with E-state index in [0.717, 1.165) is 48.1 Å². The van der Waals surface area contributed by atoms with Crippen LogP contribution in [0.25, 0.3) is 10.9 Å². The molecule has 1 atom stereocenters. The number of hydrogen-bond acceptors (Lipinski definition) is 5. The predicted octanol–water partition coefficient (Wildman–Crippen LogP) is 5.64.